The largest absolute Gasteiger partial charge is 0.382 e. The molecule has 1 fully saturated rings. The number of aryl methyl sites for hydroxylation is 1. The molecule has 2 heterocycles. The summed E-state index contributed by atoms with van der Waals surface area (Å²) in [6, 6.07) is 0.248. The Labute approximate surface area is 89.4 Å². The van der Waals surface area contributed by atoms with Crippen LogP contribution in [0.25, 0.3) is 0 Å². The average molecular weight is 210 g/mol. The summed E-state index contributed by atoms with van der Waals surface area (Å²) in [5.74, 6) is 2.15. The predicted molar refractivity (Wildman–Crippen MR) is 59.8 cm³/mol. The highest BCUT2D eigenvalue weighted by atomic mass is 16.5. The second-order valence-corrected chi connectivity index (χ2v) is 4.07. The summed E-state index contributed by atoms with van der Waals surface area (Å²) in [5, 5.41) is 3.28. The third-order valence-electron chi connectivity index (χ3n) is 2.74. The van der Waals surface area contributed by atoms with E-state index in [-0.39, 0.29) is 12.1 Å². The number of hydrogen-bond donors (Lipinski definition) is 3. The number of ether oxygens (including phenoxy) is 1. The fraction of sp³-hybridized carbons (Fsp3) is 0.700. The van der Waals surface area contributed by atoms with E-state index in [0.717, 1.165) is 31.1 Å². The SMILES string of the molecule is Cc1nc(NC(C)C2CCCO2)c(N)[nH]1. The molecule has 84 valence electrons. The molecule has 0 radical (unpaired) electrons. The van der Waals surface area contributed by atoms with E-state index in [9.17, 15) is 0 Å². The molecule has 0 spiro atoms. The van der Waals surface area contributed by atoms with Crippen molar-refractivity contribution in [3.63, 3.8) is 0 Å². The number of rotatable bonds is 3. The third kappa shape index (κ3) is 2.23. The van der Waals surface area contributed by atoms with Crippen LogP contribution in [-0.2, 0) is 4.74 Å². The van der Waals surface area contributed by atoms with Crippen molar-refractivity contribution in [1.29, 1.82) is 0 Å². The fourth-order valence-electron chi connectivity index (χ4n) is 1.93. The van der Waals surface area contributed by atoms with Gasteiger partial charge < -0.3 is 20.8 Å². The molecule has 15 heavy (non-hydrogen) atoms. The zero-order valence-electron chi connectivity index (χ0n) is 9.21. The molecule has 1 aliphatic rings. The van der Waals surface area contributed by atoms with E-state index >= 15 is 0 Å². The van der Waals surface area contributed by atoms with Crippen molar-refractivity contribution in [2.75, 3.05) is 17.7 Å². The molecule has 5 nitrogen and oxygen atoms in total. The van der Waals surface area contributed by atoms with Crippen LogP contribution in [0.2, 0.25) is 0 Å². The predicted octanol–water partition coefficient (Wildman–Crippen LogP) is 1.28. The van der Waals surface area contributed by atoms with E-state index in [1.165, 1.54) is 0 Å². The number of nitrogens with two attached hydrogens (primary N) is 1. The molecule has 0 aromatic carbocycles. The summed E-state index contributed by atoms with van der Waals surface area (Å²) >= 11 is 0. The topological polar surface area (TPSA) is 76.0 Å². The molecule has 1 aromatic heterocycles. The van der Waals surface area contributed by atoms with E-state index in [2.05, 4.69) is 22.2 Å². The van der Waals surface area contributed by atoms with Crippen LogP contribution in [0.1, 0.15) is 25.6 Å². The number of H-pyrrole nitrogens is 1. The maximum atomic E-state index is 5.77. The van der Waals surface area contributed by atoms with Crippen LogP contribution < -0.4 is 11.1 Å². The molecule has 0 aliphatic carbocycles. The van der Waals surface area contributed by atoms with Gasteiger partial charge in [-0.25, -0.2) is 4.98 Å². The van der Waals surface area contributed by atoms with Crippen LogP contribution in [-0.4, -0.2) is 28.7 Å². The van der Waals surface area contributed by atoms with Crippen LogP contribution in [0.3, 0.4) is 0 Å². The number of aromatic amines is 1. The highest BCUT2D eigenvalue weighted by Crippen LogP contribution is 2.21. The minimum Gasteiger partial charge on any atom is -0.382 e. The molecule has 0 saturated carbocycles. The normalized spacial score (nSPS) is 22.9. The highest BCUT2D eigenvalue weighted by molar-refractivity contribution is 5.57. The Hall–Kier alpha value is -1.23. The van der Waals surface area contributed by atoms with Gasteiger partial charge in [-0.3, -0.25) is 0 Å². The van der Waals surface area contributed by atoms with Gasteiger partial charge in [-0.05, 0) is 26.7 Å². The number of imidazole rings is 1. The van der Waals surface area contributed by atoms with Gasteiger partial charge in [0.25, 0.3) is 0 Å². The van der Waals surface area contributed by atoms with Crippen molar-refractivity contribution in [2.45, 2.75) is 38.8 Å². The van der Waals surface area contributed by atoms with E-state index in [1.807, 2.05) is 6.92 Å². The molecular weight excluding hydrogens is 192 g/mol. The Balaban J connectivity index is 1.98. The molecule has 2 atom stereocenters. The van der Waals surface area contributed by atoms with Crippen LogP contribution in [0.5, 0.6) is 0 Å². The quantitative estimate of drug-likeness (QED) is 0.702. The smallest absolute Gasteiger partial charge is 0.169 e. The summed E-state index contributed by atoms with van der Waals surface area (Å²) < 4.78 is 5.59. The van der Waals surface area contributed by atoms with E-state index in [1.54, 1.807) is 0 Å². The van der Waals surface area contributed by atoms with Gasteiger partial charge in [0.2, 0.25) is 0 Å². The summed E-state index contributed by atoms with van der Waals surface area (Å²) in [6.07, 6.45) is 2.53. The average Bonchev–Trinajstić information content (AvgIpc) is 2.76. The Bertz CT molecular complexity index is 330. The number of hydrogen-bond acceptors (Lipinski definition) is 4. The fourth-order valence-corrected chi connectivity index (χ4v) is 1.93. The van der Waals surface area contributed by atoms with Crippen molar-refractivity contribution in [1.82, 2.24) is 9.97 Å². The van der Waals surface area contributed by atoms with Gasteiger partial charge in [-0.1, -0.05) is 0 Å². The zero-order valence-corrected chi connectivity index (χ0v) is 9.21. The van der Waals surface area contributed by atoms with Gasteiger partial charge >= 0.3 is 0 Å². The van der Waals surface area contributed by atoms with Crippen molar-refractivity contribution in [3.05, 3.63) is 5.82 Å². The lowest BCUT2D eigenvalue weighted by Crippen LogP contribution is -2.30. The molecule has 2 rings (SSSR count). The lowest BCUT2D eigenvalue weighted by atomic mass is 10.1. The van der Waals surface area contributed by atoms with Gasteiger partial charge in [0.05, 0.1) is 12.1 Å². The van der Waals surface area contributed by atoms with Gasteiger partial charge in [0.1, 0.15) is 11.6 Å². The maximum absolute atomic E-state index is 5.77. The Kier molecular flexibility index (Phi) is 2.81. The first-order chi connectivity index (χ1) is 7.16. The first-order valence-corrected chi connectivity index (χ1v) is 5.37. The van der Waals surface area contributed by atoms with E-state index < -0.39 is 0 Å². The van der Waals surface area contributed by atoms with Crippen LogP contribution in [0.15, 0.2) is 0 Å². The van der Waals surface area contributed by atoms with Crippen LogP contribution in [0.4, 0.5) is 11.6 Å². The first-order valence-electron chi connectivity index (χ1n) is 5.37. The van der Waals surface area contributed by atoms with Crippen molar-refractivity contribution < 1.29 is 4.74 Å². The maximum Gasteiger partial charge on any atom is 0.169 e. The Morgan fingerprint density at radius 3 is 3.00 bits per heavy atom. The molecule has 1 aromatic rings. The molecule has 4 N–H and O–H groups in total. The number of nitrogens with one attached hydrogen (secondary N) is 2. The lowest BCUT2D eigenvalue weighted by Gasteiger charge is -2.19. The molecular formula is C10H18N4O. The molecule has 2 unspecified atom stereocenters. The molecule has 1 saturated heterocycles. The molecule has 0 bridgehead atoms. The number of nitrogen functional groups attached to an aromatic ring is 1. The van der Waals surface area contributed by atoms with Gasteiger partial charge in [0.15, 0.2) is 5.82 Å². The molecule has 5 heteroatoms. The second kappa shape index (κ2) is 4.10. The lowest BCUT2D eigenvalue weighted by molar-refractivity contribution is 0.0996. The minimum atomic E-state index is 0.248. The van der Waals surface area contributed by atoms with Gasteiger partial charge in [-0.2, -0.15) is 0 Å². The first kappa shape index (κ1) is 10.3. The van der Waals surface area contributed by atoms with Crippen molar-refractivity contribution in [2.24, 2.45) is 0 Å². The number of nitrogens with zero attached hydrogens (tertiary/aromatic N) is 1. The zero-order chi connectivity index (χ0) is 10.8. The van der Waals surface area contributed by atoms with Crippen LogP contribution in [0, 0.1) is 6.92 Å². The van der Waals surface area contributed by atoms with Gasteiger partial charge in [-0.15, -0.1) is 0 Å². The summed E-state index contributed by atoms with van der Waals surface area (Å²) in [6.45, 7) is 4.85. The number of anilines is 2. The highest BCUT2D eigenvalue weighted by Gasteiger charge is 2.23. The Morgan fingerprint density at radius 1 is 1.67 bits per heavy atom. The monoisotopic (exact) mass is 210 g/mol. The summed E-state index contributed by atoms with van der Waals surface area (Å²) in [4.78, 5) is 7.24. The second-order valence-electron chi connectivity index (χ2n) is 4.07. The summed E-state index contributed by atoms with van der Waals surface area (Å²) in [5.41, 5.74) is 5.77. The standard InChI is InChI=1S/C10H18N4O/c1-6(8-4-3-5-15-8)12-10-9(11)13-7(2)14-10/h6,8,12H,3-5,11H2,1-2H3,(H,13,14). The molecule has 1 aliphatic heterocycles. The van der Waals surface area contributed by atoms with Crippen LogP contribution >= 0.6 is 0 Å². The molecule has 0 amide bonds. The van der Waals surface area contributed by atoms with Crippen molar-refractivity contribution >= 4 is 11.6 Å². The van der Waals surface area contributed by atoms with Crippen molar-refractivity contribution in [3.8, 4) is 0 Å². The Morgan fingerprint density at radius 2 is 2.47 bits per heavy atom. The summed E-state index contributed by atoms with van der Waals surface area (Å²) in [7, 11) is 0. The van der Waals surface area contributed by atoms with E-state index in [4.69, 9.17) is 10.5 Å². The number of aromatic nitrogens is 2. The van der Waals surface area contributed by atoms with E-state index in [0.29, 0.717) is 5.82 Å². The minimum absolute atomic E-state index is 0.248. The van der Waals surface area contributed by atoms with Gasteiger partial charge in [0, 0.05) is 6.61 Å². The third-order valence-corrected chi connectivity index (χ3v) is 2.74.